The van der Waals surface area contributed by atoms with Gasteiger partial charge in [0.1, 0.15) is 0 Å². The second-order valence-electron chi connectivity index (χ2n) is 5.44. The van der Waals surface area contributed by atoms with Gasteiger partial charge in [-0.1, -0.05) is 0 Å². The zero-order chi connectivity index (χ0) is 14.8. The molecule has 0 aromatic carbocycles. The van der Waals surface area contributed by atoms with Gasteiger partial charge < -0.3 is 5.32 Å². The van der Waals surface area contributed by atoms with E-state index in [4.69, 9.17) is 0 Å². The Bertz CT molecular complexity index is 547. The summed E-state index contributed by atoms with van der Waals surface area (Å²) < 4.78 is 28.3. The van der Waals surface area contributed by atoms with Crippen molar-refractivity contribution >= 4 is 10.0 Å². The third kappa shape index (κ3) is 3.21. The van der Waals surface area contributed by atoms with Crippen molar-refractivity contribution in [3.63, 3.8) is 0 Å². The lowest BCUT2D eigenvalue weighted by molar-refractivity contribution is 0.313. The molecule has 6 nitrogen and oxygen atoms in total. The lowest BCUT2D eigenvalue weighted by Gasteiger charge is -2.27. The minimum Gasteiger partial charge on any atom is -0.316 e. The monoisotopic (exact) mass is 300 g/mol. The Labute approximate surface area is 121 Å². The molecule has 0 unspecified atom stereocenters. The van der Waals surface area contributed by atoms with E-state index in [1.807, 2.05) is 13.8 Å². The van der Waals surface area contributed by atoms with Crippen LogP contribution in [-0.4, -0.2) is 49.2 Å². The van der Waals surface area contributed by atoms with Gasteiger partial charge >= 0.3 is 0 Å². The highest BCUT2D eigenvalue weighted by molar-refractivity contribution is 7.89. The summed E-state index contributed by atoms with van der Waals surface area (Å²) in [4.78, 5) is 0. The first-order valence-corrected chi connectivity index (χ1v) is 8.60. The van der Waals surface area contributed by atoms with Gasteiger partial charge in [-0.05, 0) is 51.8 Å². The zero-order valence-electron chi connectivity index (χ0n) is 12.5. The van der Waals surface area contributed by atoms with Gasteiger partial charge in [0.15, 0.2) is 5.03 Å². The summed E-state index contributed by atoms with van der Waals surface area (Å²) in [5.41, 5.74) is 0.734. The number of aromatic nitrogens is 2. The van der Waals surface area contributed by atoms with Crippen LogP contribution in [-0.2, 0) is 16.6 Å². The van der Waals surface area contributed by atoms with Crippen LogP contribution in [0, 0.1) is 12.8 Å². The molecule has 1 saturated heterocycles. The smallest absolute Gasteiger partial charge is 0.259 e. The molecule has 1 N–H and O–H groups in total. The molecule has 1 fully saturated rings. The average Bonchev–Trinajstić information content (AvgIpc) is 2.82. The van der Waals surface area contributed by atoms with E-state index in [1.165, 1.54) is 4.31 Å². The number of aryl methyl sites for hydroxylation is 2. The second kappa shape index (κ2) is 6.24. The predicted molar refractivity (Wildman–Crippen MR) is 78.0 cm³/mol. The second-order valence-corrected chi connectivity index (χ2v) is 7.43. The van der Waals surface area contributed by atoms with E-state index >= 15 is 0 Å². The molecule has 0 saturated carbocycles. The minimum atomic E-state index is -3.45. The summed E-state index contributed by atoms with van der Waals surface area (Å²) in [6, 6.07) is 1.65. The van der Waals surface area contributed by atoms with Crippen molar-refractivity contribution in [3.8, 4) is 0 Å². The van der Waals surface area contributed by atoms with E-state index in [9.17, 15) is 8.42 Å². The maximum absolute atomic E-state index is 12.6. The minimum absolute atomic E-state index is 0.295. The fourth-order valence-electron chi connectivity index (χ4n) is 2.66. The highest BCUT2D eigenvalue weighted by Gasteiger charge is 2.28. The Kier molecular flexibility index (Phi) is 4.82. The van der Waals surface area contributed by atoms with Gasteiger partial charge in [0, 0.05) is 20.1 Å². The van der Waals surface area contributed by atoms with Gasteiger partial charge in [0.25, 0.3) is 10.0 Å². The Hall–Kier alpha value is -0.920. The molecule has 0 radical (unpaired) electrons. The first-order valence-electron chi connectivity index (χ1n) is 7.16. The molecule has 2 rings (SSSR count). The van der Waals surface area contributed by atoms with Crippen LogP contribution >= 0.6 is 0 Å². The zero-order valence-corrected chi connectivity index (χ0v) is 13.3. The fraction of sp³-hybridized carbons (Fsp3) is 0.769. The molecule has 1 aliphatic heterocycles. The topological polar surface area (TPSA) is 67.2 Å². The Morgan fingerprint density at radius 3 is 2.90 bits per heavy atom. The Morgan fingerprint density at radius 1 is 1.55 bits per heavy atom. The lowest BCUT2D eigenvalue weighted by Crippen LogP contribution is -2.39. The van der Waals surface area contributed by atoms with Gasteiger partial charge in [-0.15, -0.1) is 0 Å². The van der Waals surface area contributed by atoms with Gasteiger partial charge in [-0.25, -0.2) is 8.42 Å². The number of rotatable bonds is 5. The van der Waals surface area contributed by atoms with Crippen molar-refractivity contribution in [2.24, 2.45) is 5.92 Å². The molecular formula is C13H24N4O2S. The number of piperidine rings is 1. The van der Waals surface area contributed by atoms with Crippen LogP contribution in [0.5, 0.6) is 0 Å². The number of nitrogens with zero attached hydrogens (tertiary/aromatic N) is 3. The van der Waals surface area contributed by atoms with Crippen LogP contribution in [0.4, 0.5) is 0 Å². The van der Waals surface area contributed by atoms with Gasteiger partial charge in [-0.3, -0.25) is 4.68 Å². The van der Waals surface area contributed by atoms with Crippen molar-refractivity contribution in [1.82, 2.24) is 19.4 Å². The third-order valence-corrected chi connectivity index (χ3v) is 5.58. The molecule has 20 heavy (non-hydrogen) atoms. The van der Waals surface area contributed by atoms with E-state index in [1.54, 1.807) is 17.8 Å². The molecule has 0 aliphatic carbocycles. The number of hydrogen-bond acceptors (Lipinski definition) is 4. The van der Waals surface area contributed by atoms with Crippen LogP contribution < -0.4 is 5.32 Å². The van der Waals surface area contributed by atoms with E-state index in [2.05, 4.69) is 10.4 Å². The van der Waals surface area contributed by atoms with Crippen LogP contribution in [0.3, 0.4) is 0 Å². The first kappa shape index (κ1) is 15.5. The molecule has 114 valence electrons. The first-order chi connectivity index (χ1) is 9.45. The number of nitrogens with one attached hydrogen (secondary N) is 1. The Morgan fingerprint density at radius 2 is 2.30 bits per heavy atom. The van der Waals surface area contributed by atoms with E-state index < -0.39 is 10.0 Å². The molecule has 7 heteroatoms. The van der Waals surface area contributed by atoms with Crippen molar-refractivity contribution < 1.29 is 8.42 Å². The molecule has 1 aliphatic rings. The summed E-state index contributed by atoms with van der Waals surface area (Å²) in [5.74, 6) is 0.391. The predicted octanol–water partition coefficient (Wildman–Crippen LogP) is 0.832. The summed E-state index contributed by atoms with van der Waals surface area (Å²) in [5, 5.41) is 7.84. The van der Waals surface area contributed by atoms with Crippen molar-refractivity contribution in [1.29, 1.82) is 0 Å². The molecule has 1 aromatic rings. The largest absolute Gasteiger partial charge is 0.316 e. The molecule has 0 spiro atoms. The molecule has 0 amide bonds. The standard InChI is InChI=1S/C13H24N4O2S/c1-4-17-13(8-11(2)15-17)20(18,19)16(3)10-12-6-5-7-14-9-12/h8,12,14H,4-7,9-10H2,1-3H3/t12-/m0/s1. The summed E-state index contributed by atoms with van der Waals surface area (Å²) in [7, 11) is -1.80. The summed E-state index contributed by atoms with van der Waals surface area (Å²) in [6.07, 6.45) is 2.20. The third-order valence-electron chi connectivity index (χ3n) is 3.75. The molecule has 0 bridgehead atoms. The SMILES string of the molecule is CCn1nc(C)cc1S(=O)(=O)N(C)C[C@H]1CCCNC1. The van der Waals surface area contributed by atoms with Crippen molar-refractivity contribution in [3.05, 3.63) is 11.8 Å². The molecule has 1 aromatic heterocycles. The van der Waals surface area contributed by atoms with E-state index in [0.717, 1.165) is 31.6 Å². The normalized spacial score (nSPS) is 20.5. The van der Waals surface area contributed by atoms with Gasteiger partial charge in [-0.2, -0.15) is 9.40 Å². The van der Waals surface area contributed by atoms with Crippen LogP contribution in [0.25, 0.3) is 0 Å². The lowest BCUT2D eigenvalue weighted by atomic mass is 10.00. The Balaban J connectivity index is 2.15. The van der Waals surface area contributed by atoms with Crippen LogP contribution in [0.15, 0.2) is 11.1 Å². The highest BCUT2D eigenvalue weighted by atomic mass is 32.2. The van der Waals surface area contributed by atoms with Gasteiger partial charge in [0.05, 0.1) is 5.69 Å². The maximum atomic E-state index is 12.6. The molecule has 2 heterocycles. The molecule has 1 atom stereocenters. The average molecular weight is 300 g/mol. The van der Waals surface area contributed by atoms with Crippen LogP contribution in [0.1, 0.15) is 25.5 Å². The van der Waals surface area contributed by atoms with Crippen molar-refractivity contribution in [2.75, 3.05) is 26.7 Å². The summed E-state index contributed by atoms with van der Waals surface area (Å²) in [6.45, 7) is 6.76. The van der Waals surface area contributed by atoms with Crippen molar-refractivity contribution in [2.45, 2.75) is 38.3 Å². The highest BCUT2D eigenvalue weighted by Crippen LogP contribution is 2.19. The fourth-order valence-corrected chi connectivity index (χ4v) is 4.14. The van der Waals surface area contributed by atoms with E-state index in [0.29, 0.717) is 24.0 Å². The van der Waals surface area contributed by atoms with E-state index in [-0.39, 0.29) is 0 Å². The van der Waals surface area contributed by atoms with Crippen LogP contribution in [0.2, 0.25) is 0 Å². The maximum Gasteiger partial charge on any atom is 0.259 e. The summed E-state index contributed by atoms with van der Waals surface area (Å²) >= 11 is 0. The molecular weight excluding hydrogens is 276 g/mol. The number of hydrogen-bond donors (Lipinski definition) is 1. The van der Waals surface area contributed by atoms with Gasteiger partial charge in [0.2, 0.25) is 0 Å². The number of sulfonamides is 1. The quantitative estimate of drug-likeness (QED) is 0.875.